The van der Waals surface area contributed by atoms with Gasteiger partial charge in [-0.05, 0) is 55.8 Å². The number of aromatic nitrogens is 2. The zero-order valence-electron chi connectivity index (χ0n) is 17.8. The van der Waals surface area contributed by atoms with E-state index in [1.165, 1.54) is 24.0 Å². The Kier molecular flexibility index (Phi) is 6.22. The van der Waals surface area contributed by atoms with Crippen LogP contribution in [0.25, 0.3) is 11.3 Å². The maximum absolute atomic E-state index is 13.5. The molecule has 0 aliphatic heterocycles. The van der Waals surface area contributed by atoms with Crippen LogP contribution in [-0.2, 0) is 0 Å². The van der Waals surface area contributed by atoms with E-state index in [9.17, 15) is 9.18 Å². The largest absolute Gasteiger partial charge is 0.346 e. The fourth-order valence-electron chi connectivity index (χ4n) is 3.30. The molecule has 160 valence electrons. The minimum Gasteiger partial charge on any atom is -0.346 e. The second-order valence-electron chi connectivity index (χ2n) is 7.61. The Balaban J connectivity index is 1.42. The van der Waals surface area contributed by atoms with Crippen LogP contribution in [0, 0.1) is 12.7 Å². The molecule has 5 nitrogen and oxygen atoms in total. The molecule has 2 N–H and O–H groups in total. The number of anilines is 2. The lowest BCUT2D eigenvalue weighted by molar-refractivity contribution is 0.0940. The lowest BCUT2D eigenvalue weighted by Crippen LogP contribution is -2.26. The molecule has 32 heavy (non-hydrogen) atoms. The van der Waals surface area contributed by atoms with Crippen LogP contribution in [0.4, 0.5) is 15.9 Å². The minimum absolute atomic E-state index is 0.0943. The molecule has 3 aromatic carbocycles. The predicted molar refractivity (Wildman–Crippen MR) is 124 cm³/mol. The summed E-state index contributed by atoms with van der Waals surface area (Å²) in [5.74, 6) is 0.116. The first-order chi connectivity index (χ1) is 15.5. The maximum atomic E-state index is 13.5. The SMILES string of the molecule is Cc1ccc([C@H](C)NC(=O)c2ccc(Nc3cc(-c4cccc(F)c4)ncn3)cc2)cc1. The van der Waals surface area contributed by atoms with Crippen molar-refractivity contribution in [1.29, 1.82) is 0 Å². The molecular formula is C26H23FN4O. The zero-order chi connectivity index (χ0) is 22.5. The van der Waals surface area contributed by atoms with E-state index in [1.807, 2.05) is 50.2 Å². The van der Waals surface area contributed by atoms with E-state index in [0.717, 1.165) is 11.3 Å². The van der Waals surface area contributed by atoms with Crippen molar-refractivity contribution in [1.82, 2.24) is 15.3 Å². The molecule has 4 rings (SSSR count). The lowest BCUT2D eigenvalue weighted by atomic mass is 10.1. The number of amides is 1. The molecule has 0 radical (unpaired) electrons. The number of benzene rings is 3. The molecule has 1 amide bonds. The van der Waals surface area contributed by atoms with Gasteiger partial charge < -0.3 is 10.6 Å². The van der Waals surface area contributed by atoms with Crippen molar-refractivity contribution in [3.8, 4) is 11.3 Å². The van der Waals surface area contributed by atoms with Crippen molar-refractivity contribution in [2.75, 3.05) is 5.32 Å². The van der Waals surface area contributed by atoms with E-state index in [1.54, 1.807) is 30.3 Å². The highest BCUT2D eigenvalue weighted by molar-refractivity contribution is 5.94. The fraction of sp³-hybridized carbons (Fsp3) is 0.115. The topological polar surface area (TPSA) is 66.9 Å². The Morgan fingerprint density at radius 1 is 0.938 bits per heavy atom. The number of rotatable bonds is 6. The maximum Gasteiger partial charge on any atom is 0.251 e. The lowest BCUT2D eigenvalue weighted by Gasteiger charge is -2.15. The van der Waals surface area contributed by atoms with Gasteiger partial charge in [0.25, 0.3) is 5.91 Å². The van der Waals surface area contributed by atoms with Gasteiger partial charge in [-0.2, -0.15) is 0 Å². The molecule has 1 atom stereocenters. The summed E-state index contributed by atoms with van der Waals surface area (Å²) in [5, 5.41) is 6.21. The Labute approximate surface area is 186 Å². The van der Waals surface area contributed by atoms with Crippen molar-refractivity contribution >= 4 is 17.4 Å². The van der Waals surface area contributed by atoms with Gasteiger partial charge in [0.15, 0.2) is 0 Å². The standard InChI is InChI=1S/C26H23FN4O/c1-17-6-8-19(9-7-17)18(2)30-26(32)20-10-12-23(13-11-20)31-25-15-24(28-16-29-25)21-4-3-5-22(27)14-21/h3-16,18H,1-2H3,(H,30,32)(H,28,29,31)/t18-/m0/s1. The van der Waals surface area contributed by atoms with Gasteiger partial charge in [0.2, 0.25) is 0 Å². The van der Waals surface area contributed by atoms with Crippen molar-refractivity contribution in [3.63, 3.8) is 0 Å². The molecule has 0 unspecified atom stereocenters. The van der Waals surface area contributed by atoms with Crippen LogP contribution in [0.1, 0.15) is 34.5 Å². The van der Waals surface area contributed by atoms with Crippen LogP contribution in [0.5, 0.6) is 0 Å². The van der Waals surface area contributed by atoms with E-state index in [2.05, 4.69) is 20.6 Å². The van der Waals surface area contributed by atoms with Crippen LogP contribution < -0.4 is 10.6 Å². The van der Waals surface area contributed by atoms with Crippen molar-refractivity contribution in [3.05, 3.63) is 108 Å². The molecule has 1 heterocycles. The van der Waals surface area contributed by atoms with E-state index in [4.69, 9.17) is 0 Å². The van der Waals surface area contributed by atoms with Gasteiger partial charge in [0.1, 0.15) is 18.0 Å². The van der Waals surface area contributed by atoms with Gasteiger partial charge in [0.05, 0.1) is 11.7 Å². The van der Waals surface area contributed by atoms with Gasteiger partial charge in [0, 0.05) is 22.9 Å². The number of halogens is 1. The van der Waals surface area contributed by atoms with Crippen LogP contribution in [0.15, 0.2) is 85.2 Å². The summed E-state index contributed by atoms with van der Waals surface area (Å²) in [6, 6.07) is 23.2. The zero-order valence-corrected chi connectivity index (χ0v) is 17.8. The fourth-order valence-corrected chi connectivity index (χ4v) is 3.30. The number of carbonyl (C=O) groups is 1. The number of hydrogen-bond donors (Lipinski definition) is 2. The second kappa shape index (κ2) is 9.39. The molecule has 0 aliphatic rings. The quantitative estimate of drug-likeness (QED) is 0.407. The number of hydrogen-bond acceptors (Lipinski definition) is 4. The molecule has 0 spiro atoms. The third-order valence-corrected chi connectivity index (χ3v) is 5.13. The number of aryl methyl sites for hydroxylation is 1. The van der Waals surface area contributed by atoms with Gasteiger partial charge in [-0.3, -0.25) is 4.79 Å². The average molecular weight is 426 g/mol. The smallest absolute Gasteiger partial charge is 0.251 e. The third kappa shape index (κ3) is 5.16. The summed E-state index contributed by atoms with van der Waals surface area (Å²) in [5.41, 5.74) is 4.87. The molecule has 4 aromatic rings. The van der Waals surface area contributed by atoms with Crippen LogP contribution >= 0.6 is 0 Å². The van der Waals surface area contributed by atoms with Crippen LogP contribution in [0.3, 0.4) is 0 Å². The van der Waals surface area contributed by atoms with E-state index >= 15 is 0 Å². The first-order valence-electron chi connectivity index (χ1n) is 10.3. The first-order valence-corrected chi connectivity index (χ1v) is 10.3. The van der Waals surface area contributed by atoms with Gasteiger partial charge in [-0.15, -0.1) is 0 Å². The Morgan fingerprint density at radius 3 is 2.41 bits per heavy atom. The Bertz CT molecular complexity index is 1220. The van der Waals surface area contributed by atoms with Crippen molar-refractivity contribution < 1.29 is 9.18 Å². The third-order valence-electron chi connectivity index (χ3n) is 5.13. The average Bonchev–Trinajstić information content (AvgIpc) is 2.80. The van der Waals surface area contributed by atoms with E-state index in [-0.39, 0.29) is 17.8 Å². The second-order valence-corrected chi connectivity index (χ2v) is 7.61. The van der Waals surface area contributed by atoms with Crippen molar-refractivity contribution in [2.24, 2.45) is 0 Å². The molecule has 1 aromatic heterocycles. The highest BCUT2D eigenvalue weighted by Gasteiger charge is 2.11. The summed E-state index contributed by atoms with van der Waals surface area (Å²) in [7, 11) is 0. The molecular weight excluding hydrogens is 403 g/mol. The van der Waals surface area contributed by atoms with Gasteiger partial charge >= 0.3 is 0 Å². The van der Waals surface area contributed by atoms with Gasteiger partial charge in [-0.25, -0.2) is 14.4 Å². The molecule has 0 fully saturated rings. The molecule has 0 aliphatic carbocycles. The highest BCUT2D eigenvalue weighted by atomic mass is 19.1. The van der Waals surface area contributed by atoms with Crippen LogP contribution in [0.2, 0.25) is 0 Å². The monoisotopic (exact) mass is 426 g/mol. The minimum atomic E-state index is -0.318. The Morgan fingerprint density at radius 2 is 1.69 bits per heavy atom. The van der Waals surface area contributed by atoms with E-state index in [0.29, 0.717) is 22.6 Å². The highest BCUT2D eigenvalue weighted by Crippen LogP contribution is 2.22. The summed E-state index contributed by atoms with van der Waals surface area (Å²) in [6.07, 6.45) is 1.43. The molecule has 6 heteroatoms. The summed E-state index contributed by atoms with van der Waals surface area (Å²) < 4.78 is 13.5. The summed E-state index contributed by atoms with van der Waals surface area (Å²) in [6.45, 7) is 4.00. The molecule has 0 saturated carbocycles. The van der Waals surface area contributed by atoms with E-state index < -0.39 is 0 Å². The van der Waals surface area contributed by atoms with Crippen LogP contribution in [-0.4, -0.2) is 15.9 Å². The first kappa shape index (κ1) is 21.2. The summed E-state index contributed by atoms with van der Waals surface area (Å²) in [4.78, 5) is 21.1. The van der Waals surface area contributed by atoms with Gasteiger partial charge in [-0.1, -0.05) is 42.0 Å². The number of nitrogens with one attached hydrogen (secondary N) is 2. The molecule has 0 bridgehead atoms. The molecule has 0 saturated heterocycles. The Hall–Kier alpha value is -4.06. The summed E-state index contributed by atoms with van der Waals surface area (Å²) >= 11 is 0. The predicted octanol–water partition coefficient (Wildman–Crippen LogP) is 5.83. The number of nitrogens with zero attached hydrogens (tertiary/aromatic N) is 2. The number of carbonyl (C=O) groups excluding carboxylic acids is 1. The van der Waals surface area contributed by atoms with Crippen molar-refractivity contribution in [2.45, 2.75) is 19.9 Å². The normalized spacial score (nSPS) is 11.6.